The predicted octanol–water partition coefficient (Wildman–Crippen LogP) is 3.62. The minimum absolute atomic E-state index is 0.0352. The molecule has 1 atom stereocenters. The Balaban J connectivity index is 2.39. The number of ketones is 1. The number of Topliss-reactive ketones (excluding diaryl/α,β-unsaturated/α-hetero) is 1. The van der Waals surface area contributed by atoms with Gasteiger partial charge >= 0.3 is 0 Å². The van der Waals surface area contributed by atoms with Crippen LogP contribution in [0.25, 0.3) is 10.9 Å². The first-order chi connectivity index (χ1) is 9.27. The van der Waals surface area contributed by atoms with Crippen LogP contribution in [0.15, 0.2) is 36.5 Å². The number of hydrogen-bond donors (Lipinski definition) is 0. The first-order valence-electron chi connectivity index (χ1n) is 6.77. The van der Waals surface area contributed by atoms with Crippen molar-refractivity contribution in [1.82, 2.24) is 4.98 Å². The third-order valence-corrected chi connectivity index (χ3v) is 3.11. The lowest BCUT2D eigenvalue weighted by Crippen LogP contribution is -2.24. The Bertz CT molecular complexity index is 554. The average molecular weight is 257 g/mol. The second-order valence-corrected chi connectivity index (χ2v) is 4.48. The van der Waals surface area contributed by atoms with Crippen LogP contribution >= 0.6 is 0 Å². The molecular weight excluding hydrogens is 238 g/mol. The average Bonchev–Trinajstić information content (AvgIpc) is 2.46. The maximum Gasteiger partial charge on any atom is 0.193 e. The Morgan fingerprint density at radius 1 is 1.26 bits per heavy atom. The molecule has 1 aromatic carbocycles. The molecule has 1 heterocycles. The summed E-state index contributed by atoms with van der Waals surface area (Å²) in [4.78, 5) is 16.9. The van der Waals surface area contributed by atoms with Crippen LogP contribution in [0.4, 0.5) is 0 Å². The summed E-state index contributed by atoms with van der Waals surface area (Å²) in [7, 11) is 0. The van der Waals surface area contributed by atoms with E-state index in [-0.39, 0.29) is 11.9 Å². The highest BCUT2D eigenvalue weighted by molar-refractivity contribution is 6.08. The number of nitrogens with zero attached hydrogens (tertiary/aromatic N) is 1. The van der Waals surface area contributed by atoms with Crippen LogP contribution in [0, 0.1) is 0 Å². The lowest BCUT2D eigenvalue weighted by Gasteiger charge is -2.15. The molecule has 0 radical (unpaired) electrons. The van der Waals surface area contributed by atoms with Gasteiger partial charge in [0.15, 0.2) is 5.78 Å². The predicted molar refractivity (Wildman–Crippen MR) is 76.4 cm³/mol. The van der Waals surface area contributed by atoms with Gasteiger partial charge in [-0.3, -0.25) is 9.78 Å². The van der Waals surface area contributed by atoms with Gasteiger partial charge in [-0.1, -0.05) is 31.5 Å². The molecule has 19 heavy (non-hydrogen) atoms. The lowest BCUT2D eigenvalue weighted by atomic mass is 10.00. The summed E-state index contributed by atoms with van der Waals surface area (Å²) in [6.45, 7) is 4.52. The minimum Gasteiger partial charge on any atom is -0.370 e. The highest BCUT2D eigenvalue weighted by Crippen LogP contribution is 2.19. The molecule has 1 aromatic heterocycles. The van der Waals surface area contributed by atoms with Crippen molar-refractivity contribution in [3.05, 3.63) is 42.1 Å². The number of carbonyl (C=O) groups is 1. The normalized spacial score (nSPS) is 12.5. The second-order valence-electron chi connectivity index (χ2n) is 4.48. The molecule has 0 saturated carbocycles. The van der Waals surface area contributed by atoms with E-state index in [1.807, 2.05) is 37.3 Å². The summed E-state index contributed by atoms with van der Waals surface area (Å²) in [6.07, 6.45) is 3.03. The smallest absolute Gasteiger partial charge is 0.193 e. The van der Waals surface area contributed by atoms with E-state index < -0.39 is 0 Å². The van der Waals surface area contributed by atoms with E-state index in [1.165, 1.54) is 0 Å². The number of hydrogen-bond acceptors (Lipinski definition) is 3. The molecule has 0 spiro atoms. The maximum atomic E-state index is 12.6. The van der Waals surface area contributed by atoms with Crippen LogP contribution in [-0.4, -0.2) is 23.5 Å². The molecule has 0 saturated heterocycles. The molecule has 2 rings (SSSR count). The van der Waals surface area contributed by atoms with Crippen LogP contribution in [0.1, 0.15) is 37.0 Å². The molecule has 0 N–H and O–H groups in total. The van der Waals surface area contributed by atoms with Crippen molar-refractivity contribution in [1.29, 1.82) is 0 Å². The second kappa shape index (κ2) is 6.43. The Labute approximate surface area is 113 Å². The van der Waals surface area contributed by atoms with Crippen LogP contribution in [0.3, 0.4) is 0 Å². The van der Waals surface area contributed by atoms with Gasteiger partial charge in [-0.25, -0.2) is 0 Å². The van der Waals surface area contributed by atoms with Crippen LogP contribution < -0.4 is 0 Å². The molecule has 0 amide bonds. The molecule has 3 heteroatoms. The third-order valence-electron chi connectivity index (χ3n) is 3.11. The van der Waals surface area contributed by atoms with Gasteiger partial charge < -0.3 is 4.74 Å². The molecule has 0 bridgehead atoms. The SMILES string of the molecule is CCCC(OCC)C(=O)c1cccc2cccnc12. The van der Waals surface area contributed by atoms with Gasteiger partial charge in [0.1, 0.15) is 6.10 Å². The molecule has 0 fully saturated rings. The van der Waals surface area contributed by atoms with Crippen molar-refractivity contribution in [3.63, 3.8) is 0 Å². The van der Waals surface area contributed by atoms with Crippen molar-refractivity contribution in [3.8, 4) is 0 Å². The quantitative estimate of drug-likeness (QED) is 0.742. The number of carbonyl (C=O) groups excluding carboxylic acids is 1. The van der Waals surface area contributed by atoms with Gasteiger partial charge in [0.05, 0.1) is 5.52 Å². The monoisotopic (exact) mass is 257 g/mol. The number of para-hydroxylation sites is 1. The fraction of sp³-hybridized carbons (Fsp3) is 0.375. The third kappa shape index (κ3) is 2.99. The fourth-order valence-electron chi connectivity index (χ4n) is 2.23. The van der Waals surface area contributed by atoms with Gasteiger partial charge in [-0.15, -0.1) is 0 Å². The van der Waals surface area contributed by atoms with Crippen molar-refractivity contribution >= 4 is 16.7 Å². The Morgan fingerprint density at radius 2 is 2.05 bits per heavy atom. The number of rotatable bonds is 6. The number of ether oxygens (including phenoxy) is 1. The maximum absolute atomic E-state index is 12.6. The highest BCUT2D eigenvalue weighted by Gasteiger charge is 2.21. The van der Waals surface area contributed by atoms with Gasteiger partial charge in [0.25, 0.3) is 0 Å². The summed E-state index contributed by atoms with van der Waals surface area (Å²) in [6, 6.07) is 9.54. The molecule has 0 aliphatic rings. The Kier molecular flexibility index (Phi) is 4.63. The summed E-state index contributed by atoms with van der Waals surface area (Å²) >= 11 is 0. The summed E-state index contributed by atoms with van der Waals surface area (Å²) in [5, 5.41) is 0.986. The van der Waals surface area contributed by atoms with Crippen molar-refractivity contribution < 1.29 is 9.53 Å². The zero-order chi connectivity index (χ0) is 13.7. The topological polar surface area (TPSA) is 39.2 Å². The van der Waals surface area contributed by atoms with Gasteiger partial charge in [-0.05, 0) is 25.5 Å². The lowest BCUT2D eigenvalue weighted by molar-refractivity contribution is 0.0424. The van der Waals surface area contributed by atoms with Gasteiger partial charge in [-0.2, -0.15) is 0 Å². The molecular formula is C16H19NO2. The number of benzene rings is 1. The van der Waals surface area contributed by atoms with E-state index >= 15 is 0 Å². The van der Waals surface area contributed by atoms with Gasteiger partial charge in [0.2, 0.25) is 0 Å². The zero-order valence-corrected chi connectivity index (χ0v) is 11.4. The molecule has 2 aromatic rings. The summed E-state index contributed by atoms with van der Waals surface area (Å²) in [5.74, 6) is 0.0352. The number of pyridine rings is 1. The Morgan fingerprint density at radius 3 is 2.79 bits per heavy atom. The fourth-order valence-corrected chi connectivity index (χ4v) is 2.23. The molecule has 0 aliphatic carbocycles. The van der Waals surface area contributed by atoms with Crippen molar-refractivity contribution in [2.45, 2.75) is 32.8 Å². The van der Waals surface area contributed by atoms with E-state index in [9.17, 15) is 4.79 Å². The number of aromatic nitrogens is 1. The van der Waals surface area contributed by atoms with Crippen molar-refractivity contribution in [2.24, 2.45) is 0 Å². The van der Waals surface area contributed by atoms with Crippen LogP contribution in [-0.2, 0) is 4.74 Å². The zero-order valence-electron chi connectivity index (χ0n) is 11.4. The van der Waals surface area contributed by atoms with Crippen LogP contribution in [0.2, 0.25) is 0 Å². The first kappa shape index (κ1) is 13.7. The summed E-state index contributed by atoms with van der Waals surface area (Å²) < 4.78 is 5.57. The van der Waals surface area contributed by atoms with Gasteiger partial charge in [0, 0.05) is 23.8 Å². The Hall–Kier alpha value is -1.74. The minimum atomic E-state index is -0.359. The molecule has 1 unspecified atom stereocenters. The van der Waals surface area contributed by atoms with Crippen molar-refractivity contribution in [2.75, 3.05) is 6.61 Å². The summed E-state index contributed by atoms with van der Waals surface area (Å²) in [5.41, 5.74) is 1.42. The van der Waals surface area contributed by atoms with E-state index in [1.54, 1.807) is 6.20 Å². The number of fused-ring (bicyclic) bond motifs is 1. The van der Waals surface area contributed by atoms with E-state index in [0.717, 1.165) is 23.7 Å². The van der Waals surface area contributed by atoms with Crippen LogP contribution in [0.5, 0.6) is 0 Å². The van der Waals surface area contributed by atoms with E-state index in [0.29, 0.717) is 12.2 Å². The highest BCUT2D eigenvalue weighted by atomic mass is 16.5. The molecule has 100 valence electrons. The van der Waals surface area contributed by atoms with E-state index in [4.69, 9.17) is 4.74 Å². The van der Waals surface area contributed by atoms with E-state index in [2.05, 4.69) is 11.9 Å². The molecule has 3 nitrogen and oxygen atoms in total. The largest absolute Gasteiger partial charge is 0.370 e. The first-order valence-corrected chi connectivity index (χ1v) is 6.77. The molecule has 0 aliphatic heterocycles. The standard InChI is InChI=1S/C16H19NO2/c1-3-7-14(19-4-2)16(18)13-10-5-8-12-9-6-11-17-15(12)13/h5-6,8-11,14H,3-4,7H2,1-2H3.